The summed E-state index contributed by atoms with van der Waals surface area (Å²) in [5, 5.41) is 4.66. The Morgan fingerprint density at radius 2 is 2.14 bits per heavy atom. The maximum absolute atomic E-state index is 13.1. The van der Waals surface area contributed by atoms with Crippen molar-refractivity contribution in [3.05, 3.63) is 59.7 Å². The molecule has 152 valence electrons. The number of fused-ring (bicyclic) bond motifs is 1. The molecule has 0 spiro atoms. The van der Waals surface area contributed by atoms with Crippen LogP contribution in [0.1, 0.15) is 26.0 Å². The van der Waals surface area contributed by atoms with Crippen LogP contribution in [0.5, 0.6) is 0 Å². The lowest BCUT2D eigenvalue weighted by atomic mass is 9.82. The Bertz CT molecular complexity index is 975. The molecular weight excluding hydrogens is 366 g/mol. The lowest BCUT2D eigenvalue weighted by molar-refractivity contribution is -0.132. The molecule has 6 heteroatoms. The Labute approximate surface area is 170 Å². The van der Waals surface area contributed by atoms with Crippen LogP contribution in [0.15, 0.2) is 54.0 Å². The number of H-pyrrole nitrogens is 1. The van der Waals surface area contributed by atoms with E-state index in [-0.39, 0.29) is 17.7 Å². The molecule has 3 heterocycles. The van der Waals surface area contributed by atoms with Crippen molar-refractivity contribution < 1.29 is 14.3 Å². The molecule has 1 aromatic heterocycles. The summed E-state index contributed by atoms with van der Waals surface area (Å²) in [6.07, 6.45) is 5.04. The topological polar surface area (TPSA) is 66.6 Å². The third-order valence-electron chi connectivity index (χ3n) is 6.73. The largest absolute Gasteiger partial charge is 0.458 e. The molecule has 1 aromatic carbocycles. The second-order valence-electron chi connectivity index (χ2n) is 8.28. The molecular formula is C23H27N3O3. The summed E-state index contributed by atoms with van der Waals surface area (Å²) in [6, 6.07) is 10.5. The number of hydrogen-bond donors (Lipinski definition) is 2. The molecule has 2 aliphatic heterocycles. The minimum atomic E-state index is -0.721. The number of nitrogens with one attached hydrogen (secondary N) is 2. The lowest BCUT2D eigenvalue weighted by Crippen LogP contribution is -2.63. The number of hydrogen-bond acceptors (Lipinski definition) is 5. The van der Waals surface area contributed by atoms with Crippen LogP contribution < -0.4 is 5.32 Å². The first-order chi connectivity index (χ1) is 14.1. The van der Waals surface area contributed by atoms with Gasteiger partial charge in [-0.1, -0.05) is 24.3 Å². The van der Waals surface area contributed by atoms with Crippen LogP contribution in [0.25, 0.3) is 10.9 Å². The number of aromatic nitrogens is 1. The van der Waals surface area contributed by atoms with Crippen LogP contribution in [0, 0.1) is 5.92 Å². The zero-order valence-corrected chi connectivity index (χ0v) is 16.9. The zero-order valence-electron chi connectivity index (χ0n) is 16.9. The van der Waals surface area contributed by atoms with Gasteiger partial charge in [0.1, 0.15) is 11.3 Å². The van der Waals surface area contributed by atoms with Crippen LogP contribution in [-0.4, -0.2) is 48.1 Å². The minimum Gasteiger partial charge on any atom is -0.458 e. The molecule has 29 heavy (non-hydrogen) atoms. The molecule has 1 fully saturated rings. The van der Waals surface area contributed by atoms with E-state index in [1.165, 1.54) is 0 Å². The van der Waals surface area contributed by atoms with Gasteiger partial charge in [0, 0.05) is 49.2 Å². The van der Waals surface area contributed by atoms with Crippen LogP contribution in [0.2, 0.25) is 0 Å². The van der Waals surface area contributed by atoms with Gasteiger partial charge in [-0.2, -0.15) is 0 Å². The summed E-state index contributed by atoms with van der Waals surface area (Å²) in [6.45, 7) is 6.57. The van der Waals surface area contributed by atoms with Gasteiger partial charge in [-0.15, -0.1) is 0 Å². The summed E-state index contributed by atoms with van der Waals surface area (Å²) in [7, 11) is 0. The fourth-order valence-corrected chi connectivity index (χ4v) is 4.92. The van der Waals surface area contributed by atoms with Crippen molar-refractivity contribution in [1.29, 1.82) is 0 Å². The van der Waals surface area contributed by atoms with E-state index in [4.69, 9.17) is 9.47 Å². The molecule has 1 aliphatic carbocycles. The first-order valence-electron chi connectivity index (χ1n) is 10.3. The van der Waals surface area contributed by atoms with E-state index in [0.717, 1.165) is 54.2 Å². The zero-order chi connectivity index (χ0) is 20.0. The Morgan fingerprint density at radius 1 is 1.28 bits per heavy atom. The van der Waals surface area contributed by atoms with Crippen LogP contribution in [0.3, 0.4) is 0 Å². The van der Waals surface area contributed by atoms with Crippen molar-refractivity contribution in [2.45, 2.75) is 31.8 Å². The monoisotopic (exact) mass is 393 g/mol. The van der Waals surface area contributed by atoms with Crippen molar-refractivity contribution in [1.82, 2.24) is 15.2 Å². The average molecular weight is 393 g/mol. The standard InChI is InChI=1S/C23H27N3O3/c1-15(27)23(2,22-12-16-5-3-4-6-18(16)25-22)26-10-9-24-13-19(26)17-7-8-20-21(11-17)29-14-28-20/h3-8,12,17,19,24-25H,9-11,13-14H2,1-2H3. The highest BCUT2D eigenvalue weighted by atomic mass is 16.7. The number of para-hydroxylation sites is 1. The molecule has 0 bridgehead atoms. The average Bonchev–Trinajstić information content (AvgIpc) is 3.39. The molecule has 3 atom stereocenters. The maximum Gasteiger partial charge on any atom is 0.230 e. The Kier molecular flexibility index (Phi) is 4.48. The van der Waals surface area contributed by atoms with Crippen LogP contribution in [0.4, 0.5) is 0 Å². The normalized spacial score (nSPS) is 26.7. The Morgan fingerprint density at radius 3 is 2.97 bits per heavy atom. The predicted octanol–water partition coefficient (Wildman–Crippen LogP) is 3.04. The highest BCUT2D eigenvalue weighted by Crippen LogP contribution is 2.39. The summed E-state index contributed by atoms with van der Waals surface area (Å²) < 4.78 is 11.2. The van der Waals surface area contributed by atoms with Gasteiger partial charge < -0.3 is 19.8 Å². The molecule has 0 saturated carbocycles. The first kappa shape index (κ1) is 18.5. The van der Waals surface area contributed by atoms with E-state index >= 15 is 0 Å². The number of Topliss-reactive ketones (excluding diaryl/α,β-unsaturated/α-hetero) is 1. The number of ether oxygens (including phenoxy) is 2. The number of piperazine rings is 1. The van der Waals surface area contributed by atoms with Crippen LogP contribution in [-0.2, 0) is 19.8 Å². The highest BCUT2D eigenvalue weighted by Gasteiger charge is 2.46. The van der Waals surface area contributed by atoms with Gasteiger partial charge in [0.2, 0.25) is 6.79 Å². The molecule has 1 saturated heterocycles. The molecule has 2 N–H and O–H groups in total. The molecule has 0 amide bonds. The van der Waals surface area contributed by atoms with E-state index < -0.39 is 5.54 Å². The third kappa shape index (κ3) is 2.98. The van der Waals surface area contributed by atoms with E-state index in [1.807, 2.05) is 18.2 Å². The summed E-state index contributed by atoms with van der Waals surface area (Å²) >= 11 is 0. The number of carbonyl (C=O) groups excluding carboxylic acids is 1. The molecule has 0 radical (unpaired) electrons. The lowest BCUT2D eigenvalue weighted by Gasteiger charge is -2.49. The fourth-order valence-electron chi connectivity index (χ4n) is 4.92. The van der Waals surface area contributed by atoms with Gasteiger partial charge in [-0.25, -0.2) is 0 Å². The van der Waals surface area contributed by atoms with Gasteiger partial charge in [-0.3, -0.25) is 9.69 Å². The van der Waals surface area contributed by atoms with Gasteiger partial charge in [-0.05, 0) is 37.4 Å². The molecule has 3 unspecified atom stereocenters. The number of benzene rings is 1. The quantitative estimate of drug-likeness (QED) is 0.836. The Balaban J connectivity index is 1.52. The van der Waals surface area contributed by atoms with Crippen molar-refractivity contribution in [3.8, 4) is 0 Å². The van der Waals surface area contributed by atoms with E-state index in [0.29, 0.717) is 6.79 Å². The number of nitrogens with zero attached hydrogens (tertiary/aromatic N) is 1. The summed E-state index contributed by atoms with van der Waals surface area (Å²) in [4.78, 5) is 19.0. The molecule has 6 nitrogen and oxygen atoms in total. The second-order valence-corrected chi connectivity index (χ2v) is 8.28. The number of rotatable bonds is 4. The Hall–Kier alpha value is -2.57. The van der Waals surface area contributed by atoms with E-state index in [1.54, 1.807) is 6.92 Å². The van der Waals surface area contributed by atoms with Crippen molar-refractivity contribution >= 4 is 16.7 Å². The number of allylic oxidation sites excluding steroid dienone is 2. The van der Waals surface area contributed by atoms with Crippen molar-refractivity contribution in [2.24, 2.45) is 5.92 Å². The summed E-state index contributed by atoms with van der Waals surface area (Å²) in [5.41, 5.74) is 1.30. The highest BCUT2D eigenvalue weighted by molar-refractivity contribution is 5.89. The molecule has 5 rings (SSSR count). The van der Waals surface area contributed by atoms with E-state index in [9.17, 15) is 4.79 Å². The first-order valence-corrected chi connectivity index (χ1v) is 10.3. The number of aromatic amines is 1. The second kappa shape index (κ2) is 7.04. The summed E-state index contributed by atoms with van der Waals surface area (Å²) in [5.74, 6) is 2.18. The van der Waals surface area contributed by atoms with Gasteiger partial charge in [0.05, 0.1) is 0 Å². The third-order valence-corrected chi connectivity index (χ3v) is 6.73. The number of carbonyl (C=O) groups is 1. The SMILES string of the molecule is CC(=O)C(C)(c1cc2ccccc2[nH]1)N1CCNCC1C1C=CC2=C(C1)OCO2. The molecule has 3 aliphatic rings. The predicted molar refractivity (Wildman–Crippen MR) is 111 cm³/mol. The minimum absolute atomic E-state index is 0.149. The number of ketones is 1. The molecule has 2 aromatic rings. The maximum atomic E-state index is 13.1. The fraction of sp³-hybridized carbons (Fsp3) is 0.435. The van der Waals surface area contributed by atoms with Crippen molar-refractivity contribution in [3.63, 3.8) is 0 Å². The smallest absolute Gasteiger partial charge is 0.230 e. The van der Waals surface area contributed by atoms with Gasteiger partial charge in [0.25, 0.3) is 0 Å². The van der Waals surface area contributed by atoms with Gasteiger partial charge >= 0.3 is 0 Å². The van der Waals surface area contributed by atoms with E-state index in [2.05, 4.69) is 46.4 Å². The van der Waals surface area contributed by atoms with Crippen LogP contribution >= 0.6 is 0 Å². The van der Waals surface area contributed by atoms with Crippen molar-refractivity contribution in [2.75, 3.05) is 26.4 Å². The van der Waals surface area contributed by atoms with Gasteiger partial charge in [0.15, 0.2) is 11.5 Å².